The molecule has 0 fully saturated rings. The standard InChI is InChI=1S/C13H19N3S/c1-3-6-16-10-15-8-12(16)7-14-9-13-5-4-11(2)17-13/h4-5,8,10,14H,3,6-7,9H2,1-2H3. The average molecular weight is 249 g/mol. The van der Waals surface area contributed by atoms with Gasteiger partial charge in [-0.25, -0.2) is 4.98 Å². The first-order chi connectivity index (χ1) is 8.29. The van der Waals surface area contributed by atoms with Crippen molar-refractivity contribution in [2.24, 2.45) is 0 Å². The summed E-state index contributed by atoms with van der Waals surface area (Å²) in [5.41, 5.74) is 1.26. The molecule has 0 aromatic carbocycles. The summed E-state index contributed by atoms with van der Waals surface area (Å²) in [5, 5.41) is 3.47. The van der Waals surface area contributed by atoms with E-state index in [1.807, 2.05) is 23.9 Å². The summed E-state index contributed by atoms with van der Waals surface area (Å²) in [5.74, 6) is 0. The van der Waals surface area contributed by atoms with Crippen LogP contribution in [0.2, 0.25) is 0 Å². The fourth-order valence-corrected chi connectivity index (χ4v) is 2.69. The van der Waals surface area contributed by atoms with Gasteiger partial charge in [0.25, 0.3) is 0 Å². The van der Waals surface area contributed by atoms with Crippen LogP contribution < -0.4 is 5.32 Å². The number of thiophene rings is 1. The van der Waals surface area contributed by atoms with Crippen LogP contribution in [0.1, 0.15) is 28.8 Å². The van der Waals surface area contributed by atoms with E-state index in [2.05, 4.69) is 40.8 Å². The quantitative estimate of drug-likeness (QED) is 0.853. The molecule has 0 spiro atoms. The van der Waals surface area contributed by atoms with Crippen molar-refractivity contribution in [1.82, 2.24) is 14.9 Å². The number of aromatic nitrogens is 2. The zero-order chi connectivity index (χ0) is 12.1. The highest BCUT2D eigenvalue weighted by atomic mass is 32.1. The Balaban J connectivity index is 1.83. The zero-order valence-electron chi connectivity index (χ0n) is 10.4. The predicted molar refractivity (Wildman–Crippen MR) is 72.1 cm³/mol. The normalized spacial score (nSPS) is 10.9. The Bertz CT molecular complexity index is 459. The van der Waals surface area contributed by atoms with Gasteiger partial charge in [0.2, 0.25) is 0 Å². The molecule has 2 aromatic rings. The van der Waals surface area contributed by atoms with Crippen molar-refractivity contribution >= 4 is 11.3 Å². The van der Waals surface area contributed by atoms with E-state index in [4.69, 9.17) is 0 Å². The number of aryl methyl sites for hydroxylation is 2. The highest BCUT2D eigenvalue weighted by Gasteiger charge is 2.01. The van der Waals surface area contributed by atoms with Crippen LogP contribution in [0, 0.1) is 6.92 Å². The van der Waals surface area contributed by atoms with Crippen LogP contribution >= 0.6 is 11.3 Å². The van der Waals surface area contributed by atoms with Gasteiger partial charge in [-0.05, 0) is 25.5 Å². The number of hydrogen-bond acceptors (Lipinski definition) is 3. The molecule has 0 saturated carbocycles. The Morgan fingerprint density at radius 1 is 1.35 bits per heavy atom. The van der Waals surface area contributed by atoms with Crippen molar-refractivity contribution < 1.29 is 0 Å². The molecule has 0 atom stereocenters. The topological polar surface area (TPSA) is 29.9 Å². The van der Waals surface area contributed by atoms with Gasteiger partial charge in [-0.15, -0.1) is 11.3 Å². The molecular formula is C13H19N3S. The molecule has 0 aliphatic carbocycles. The molecule has 0 unspecified atom stereocenters. The van der Waals surface area contributed by atoms with E-state index >= 15 is 0 Å². The van der Waals surface area contributed by atoms with E-state index in [1.54, 1.807) is 0 Å². The first-order valence-corrected chi connectivity index (χ1v) is 6.86. The number of imidazole rings is 1. The number of rotatable bonds is 6. The molecule has 2 rings (SSSR count). The Labute approximate surface area is 107 Å². The molecule has 3 nitrogen and oxygen atoms in total. The zero-order valence-corrected chi connectivity index (χ0v) is 11.3. The summed E-state index contributed by atoms with van der Waals surface area (Å²) < 4.78 is 2.21. The third-order valence-corrected chi connectivity index (χ3v) is 3.67. The Kier molecular flexibility index (Phi) is 4.34. The molecule has 92 valence electrons. The van der Waals surface area contributed by atoms with Crippen LogP contribution in [0.15, 0.2) is 24.7 Å². The van der Waals surface area contributed by atoms with Gasteiger partial charge in [0.15, 0.2) is 0 Å². The van der Waals surface area contributed by atoms with Gasteiger partial charge < -0.3 is 9.88 Å². The van der Waals surface area contributed by atoms with Gasteiger partial charge in [-0.3, -0.25) is 0 Å². The lowest BCUT2D eigenvalue weighted by Crippen LogP contribution is -2.15. The molecule has 2 heterocycles. The number of nitrogens with zero attached hydrogens (tertiary/aromatic N) is 2. The summed E-state index contributed by atoms with van der Waals surface area (Å²) in [6.45, 7) is 7.21. The summed E-state index contributed by atoms with van der Waals surface area (Å²) in [4.78, 5) is 6.96. The number of hydrogen-bond donors (Lipinski definition) is 1. The lowest BCUT2D eigenvalue weighted by atomic mass is 10.4. The lowest BCUT2D eigenvalue weighted by molar-refractivity contribution is 0.603. The van der Waals surface area contributed by atoms with Gasteiger partial charge in [-0.2, -0.15) is 0 Å². The monoisotopic (exact) mass is 249 g/mol. The smallest absolute Gasteiger partial charge is 0.0948 e. The maximum atomic E-state index is 4.20. The van der Waals surface area contributed by atoms with E-state index in [0.717, 1.165) is 26.1 Å². The Morgan fingerprint density at radius 3 is 2.94 bits per heavy atom. The van der Waals surface area contributed by atoms with Crippen molar-refractivity contribution in [2.75, 3.05) is 0 Å². The maximum Gasteiger partial charge on any atom is 0.0948 e. The predicted octanol–water partition coefficient (Wildman–Crippen LogP) is 2.95. The van der Waals surface area contributed by atoms with Crippen LogP contribution in [0.5, 0.6) is 0 Å². The van der Waals surface area contributed by atoms with Crippen LogP contribution in [0.4, 0.5) is 0 Å². The van der Waals surface area contributed by atoms with Gasteiger partial charge >= 0.3 is 0 Å². The molecule has 0 aliphatic heterocycles. The second-order valence-electron chi connectivity index (χ2n) is 4.19. The van der Waals surface area contributed by atoms with Gasteiger partial charge in [0.1, 0.15) is 0 Å². The Morgan fingerprint density at radius 2 is 2.24 bits per heavy atom. The molecule has 0 saturated heterocycles. The van der Waals surface area contributed by atoms with Crippen molar-refractivity contribution in [1.29, 1.82) is 0 Å². The summed E-state index contributed by atoms with van der Waals surface area (Å²) in [6.07, 6.45) is 5.01. The first kappa shape index (κ1) is 12.3. The molecule has 1 N–H and O–H groups in total. The Hall–Kier alpha value is -1.13. The highest BCUT2D eigenvalue weighted by molar-refractivity contribution is 7.11. The second kappa shape index (κ2) is 5.98. The molecule has 2 aromatic heterocycles. The fraction of sp³-hybridized carbons (Fsp3) is 0.462. The average Bonchev–Trinajstić information content (AvgIpc) is 2.90. The molecule has 0 bridgehead atoms. The molecule has 17 heavy (non-hydrogen) atoms. The minimum Gasteiger partial charge on any atom is -0.333 e. The van der Waals surface area contributed by atoms with Gasteiger partial charge in [0.05, 0.1) is 12.0 Å². The van der Waals surface area contributed by atoms with E-state index in [9.17, 15) is 0 Å². The molecular weight excluding hydrogens is 230 g/mol. The van der Waals surface area contributed by atoms with Gasteiger partial charge in [-0.1, -0.05) is 6.92 Å². The summed E-state index contributed by atoms with van der Waals surface area (Å²) >= 11 is 1.85. The molecule has 0 radical (unpaired) electrons. The fourth-order valence-electron chi connectivity index (χ4n) is 1.83. The molecule has 4 heteroatoms. The van der Waals surface area contributed by atoms with Crippen molar-refractivity contribution in [3.05, 3.63) is 40.1 Å². The third-order valence-electron chi connectivity index (χ3n) is 2.66. The minimum absolute atomic E-state index is 0.886. The molecule has 0 amide bonds. The van der Waals surface area contributed by atoms with Crippen LogP contribution in [0.25, 0.3) is 0 Å². The van der Waals surface area contributed by atoms with Crippen LogP contribution in [-0.4, -0.2) is 9.55 Å². The van der Waals surface area contributed by atoms with Crippen LogP contribution in [0.3, 0.4) is 0 Å². The summed E-state index contributed by atoms with van der Waals surface area (Å²) in [6, 6.07) is 4.36. The maximum absolute atomic E-state index is 4.20. The van der Waals surface area contributed by atoms with E-state index < -0.39 is 0 Å². The highest BCUT2D eigenvalue weighted by Crippen LogP contribution is 2.14. The van der Waals surface area contributed by atoms with Crippen molar-refractivity contribution in [3.8, 4) is 0 Å². The van der Waals surface area contributed by atoms with Crippen molar-refractivity contribution in [2.45, 2.75) is 39.9 Å². The molecule has 0 aliphatic rings. The number of nitrogens with one attached hydrogen (secondary N) is 1. The van der Waals surface area contributed by atoms with Crippen LogP contribution in [-0.2, 0) is 19.6 Å². The van der Waals surface area contributed by atoms with E-state index in [0.29, 0.717) is 0 Å². The largest absolute Gasteiger partial charge is 0.333 e. The first-order valence-electron chi connectivity index (χ1n) is 6.04. The van der Waals surface area contributed by atoms with Crippen molar-refractivity contribution in [3.63, 3.8) is 0 Å². The second-order valence-corrected chi connectivity index (χ2v) is 5.57. The van der Waals surface area contributed by atoms with Gasteiger partial charge in [0, 0.05) is 35.6 Å². The third kappa shape index (κ3) is 3.41. The minimum atomic E-state index is 0.886. The van der Waals surface area contributed by atoms with E-state index in [-0.39, 0.29) is 0 Å². The lowest BCUT2D eigenvalue weighted by Gasteiger charge is -2.07. The SMILES string of the molecule is CCCn1cncc1CNCc1ccc(C)s1. The summed E-state index contributed by atoms with van der Waals surface area (Å²) in [7, 11) is 0. The van der Waals surface area contributed by atoms with E-state index in [1.165, 1.54) is 15.4 Å².